The average Bonchev–Trinajstić information content (AvgIpc) is 2.17. The summed E-state index contributed by atoms with van der Waals surface area (Å²) in [4.78, 5) is 0. The van der Waals surface area contributed by atoms with Crippen molar-refractivity contribution in [1.82, 2.24) is 0 Å². The minimum absolute atomic E-state index is 0.0632. The summed E-state index contributed by atoms with van der Waals surface area (Å²) in [6, 6.07) is 2.81. The molecule has 1 rings (SSSR count). The molecule has 17 heavy (non-hydrogen) atoms. The first-order valence-corrected chi connectivity index (χ1v) is 7.26. The summed E-state index contributed by atoms with van der Waals surface area (Å²) < 4.78 is 52.4. The van der Waals surface area contributed by atoms with Gasteiger partial charge >= 0.3 is 0 Å². The molecule has 3 nitrogen and oxygen atoms in total. The first kappa shape index (κ1) is 14.2. The van der Waals surface area contributed by atoms with Gasteiger partial charge in [0.15, 0.2) is 11.6 Å². The molecule has 0 saturated heterocycles. The van der Waals surface area contributed by atoms with Crippen LogP contribution in [0.15, 0.2) is 18.2 Å². The Labute approximate surface area is 103 Å². The van der Waals surface area contributed by atoms with Crippen LogP contribution in [0.3, 0.4) is 0 Å². The van der Waals surface area contributed by atoms with Gasteiger partial charge in [0, 0.05) is 22.7 Å². The zero-order valence-electron chi connectivity index (χ0n) is 8.99. The summed E-state index contributed by atoms with van der Waals surface area (Å²) in [7, 11) is 1.43. The number of ether oxygens (including phenoxy) is 1. The van der Waals surface area contributed by atoms with E-state index in [1.165, 1.54) is 0 Å². The Morgan fingerprint density at radius 3 is 2.65 bits per heavy atom. The van der Waals surface area contributed by atoms with Gasteiger partial charge in [0.05, 0.1) is 12.4 Å². The predicted octanol–water partition coefficient (Wildman–Crippen LogP) is 2.55. The molecule has 0 aliphatic carbocycles. The molecule has 0 amide bonds. The van der Waals surface area contributed by atoms with Crippen molar-refractivity contribution in [3.05, 3.63) is 29.8 Å². The predicted molar refractivity (Wildman–Crippen MR) is 60.7 cm³/mol. The molecule has 0 radical (unpaired) electrons. The summed E-state index contributed by atoms with van der Waals surface area (Å²) >= 11 is 0. The summed E-state index contributed by atoms with van der Waals surface area (Å²) in [5, 5.41) is 0. The summed E-state index contributed by atoms with van der Waals surface area (Å²) in [5.74, 6) is -2.28. The van der Waals surface area contributed by atoms with Gasteiger partial charge in [-0.2, -0.15) is 0 Å². The van der Waals surface area contributed by atoms with Crippen molar-refractivity contribution in [2.24, 2.45) is 5.92 Å². The van der Waals surface area contributed by atoms with E-state index in [1.54, 1.807) is 6.92 Å². The molecule has 1 aromatic rings. The van der Waals surface area contributed by atoms with Crippen LogP contribution < -0.4 is 4.74 Å². The van der Waals surface area contributed by atoms with Crippen LogP contribution >= 0.6 is 10.7 Å². The lowest BCUT2D eigenvalue weighted by atomic mass is 10.2. The maximum absolute atomic E-state index is 13.1. The van der Waals surface area contributed by atoms with Crippen molar-refractivity contribution in [2.45, 2.75) is 6.92 Å². The molecule has 0 spiro atoms. The molecule has 0 N–H and O–H groups in total. The average molecular weight is 285 g/mol. The molecule has 0 heterocycles. The smallest absolute Gasteiger partial charge is 0.232 e. The molecule has 7 heteroatoms. The fourth-order valence-corrected chi connectivity index (χ4v) is 2.63. The van der Waals surface area contributed by atoms with E-state index in [-0.39, 0.29) is 18.1 Å². The number of halogens is 3. The van der Waals surface area contributed by atoms with E-state index >= 15 is 0 Å². The van der Waals surface area contributed by atoms with Crippen LogP contribution in [0.4, 0.5) is 8.78 Å². The normalized spacial score (nSPS) is 13.4. The Balaban J connectivity index is 2.58. The number of benzene rings is 1. The van der Waals surface area contributed by atoms with Gasteiger partial charge < -0.3 is 4.74 Å². The van der Waals surface area contributed by atoms with E-state index in [9.17, 15) is 17.2 Å². The Morgan fingerprint density at radius 1 is 1.41 bits per heavy atom. The van der Waals surface area contributed by atoms with E-state index in [0.29, 0.717) is 0 Å². The number of hydrogen-bond donors (Lipinski definition) is 0. The highest BCUT2D eigenvalue weighted by Crippen LogP contribution is 2.19. The minimum atomic E-state index is -3.62. The van der Waals surface area contributed by atoms with E-state index in [1.807, 2.05) is 0 Å². The number of hydrogen-bond acceptors (Lipinski definition) is 3. The highest BCUT2D eigenvalue weighted by molar-refractivity contribution is 8.13. The van der Waals surface area contributed by atoms with Gasteiger partial charge in [-0.25, -0.2) is 17.2 Å². The Bertz CT molecular complexity index is 490. The van der Waals surface area contributed by atoms with E-state index in [0.717, 1.165) is 18.2 Å². The molecule has 0 aromatic heterocycles. The molecule has 96 valence electrons. The third-order valence-electron chi connectivity index (χ3n) is 1.90. The van der Waals surface area contributed by atoms with Crippen molar-refractivity contribution in [1.29, 1.82) is 0 Å². The van der Waals surface area contributed by atoms with E-state index in [2.05, 4.69) is 0 Å². The molecule has 1 unspecified atom stereocenters. The summed E-state index contributed by atoms with van der Waals surface area (Å²) in [5.41, 5.74) is 0. The molecule has 1 atom stereocenters. The van der Waals surface area contributed by atoms with Crippen LogP contribution in [0, 0.1) is 17.6 Å². The van der Waals surface area contributed by atoms with Crippen LogP contribution in [-0.4, -0.2) is 20.8 Å². The van der Waals surface area contributed by atoms with Crippen LogP contribution in [0.25, 0.3) is 0 Å². The van der Waals surface area contributed by atoms with Crippen molar-refractivity contribution in [3.63, 3.8) is 0 Å². The van der Waals surface area contributed by atoms with Crippen molar-refractivity contribution in [3.8, 4) is 5.75 Å². The van der Waals surface area contributed by atoms with Crippen LogP contribution in [-0.2, 0) is 9.05 Å². The molecule has 0 fully saturated rings. The third-order valence-corrected chi connectivity index (χ3v) is 3.25. The third kappa shape index (κ3) is 5.32. The van der Waals surface area contributed by atoms with Crippen LogP contribution in [0.5, 0.6) is 5.75 Å². The fraction of sp³-hybridized carbons (Fsp3) is 0.400. The molecular weight excluding hydrogens is 274 g/mol. The van der Waals surface area contributed by atoms with Gasteiger partial charge in [-0.1, -0.05) is 6.92 Å². The molecule has 1 aromatic carbocycles. The maximum Gasteiger partial charge on any atom is 0.232 e. The van der Waals surface area contributed by atoms with Crippen molar-refractivity contribution in [2.75, 3.05) is 12.4 Å². The van der Waals surface area contributed by atoms with Gasteiger partial charge in [-0.3, -0.25) is 0 Å². The highest BCUT2D eigenvalue weighted by atomic mass is 35.7. The molecule has 0 aliphatic heterocycles. The van der Waals surface area contributed by atoms with Gasteiger partial charge in [-0.05, 0) is 12.1 Å². The van der Waals surface area contributed by atoms with Gasteiger partial charge in [0.1, 0.15) is 5.82 Å². The topological polar surface area (TPSA) is 43.4 Å². The SMILES string of the molecule is CC(COc1cc(F)ccc1F)CS(=O)(=O)Cl. The van der Waals surface area contributed by atoms with Crippen molar-refractivity contribution < 1.29 is 21.9 Å². The summed E-state index contributed by atoms with van der Waals surface area (Å²) in [6.07, 6.45) is 0. The van der Waals surface area contributed by atoms with Crippen LogP contribution in [0.1, 0.15) is 6.92 Å². The molecular formula is C10H11ClF2O3S. The second-order valence-electron chi connectivity index (χ2n) is 3.70. The Kier molecular flexibility index (Phi) is 4.70. The van der Waals surface area contributed by atoms with E-state index < -0.39 is 26.6 Å². The molecule has 0 bridgehead atoms. The monoisotopic (exact) mass is 284 g/mol. The number of rotatable bonds is 5. The zero-order chi connectivity index (χ0) is 13.1. The van der Waals surface area contributed by atoms with Crippen molar-refractivity contribution >= 4 is 19.7 Å². The highest BCUT2D eigenvalue weighted by Gasteiger charge is 2.14. The zero-order valence-corrected chi connectivity index (χ0v) is 10.6. The second kappa shape index (κ2) is 5.64. The lowest BCUT2D eigenvalue weighted by Crippen LogP contribution is -2.16. The minimum Gasteiger partial charge on any atom is -0.490 e. The molecule has 0 saturated carbocycles. The van der Waals surface area contributed by atoms with Crippen LogP contribution in [0.2, 0.25) is 0 Å². The van der Waals surface area contributed by atoms with Gasteiger partial charge in [0.2, 0.25) is 9.05 Å². The lowest BCUT2D eigenvalue weighted by Gasteiger charge is -2.11. The van der Waals surface area contributed by atoms with E-state index in [4.69, 9.17) is 15.4 Å². The largest absolute Gasteiger partial charge is 0.490 e. The first-order valence-electron chi connectivity index (χ1n) is 4.78. The molecule has 0 aliphatic rings. The first-order chi connectivity index (χ1) is 7.78. The van der Waals surface area contributed by atoms with Gasteiger partial charge in [0.25, 0.3) is 0 Å². The lowest BCUT2D eigenvalue weighted by molar-refractivity contribution is 0.259. The Morgan fingerprint density at radius 2 is 2.06 bits per heavy atom. The second-order valence-corrected chi connectivity index (χ2v) is 6.52. The Hall–Kier alpha value is -0.880. The maximum atomic E-state index is 13.1. The summed E-state index contributed by atoms with van der Waals surface area (Å²) in [6.45, 7) is 1.52. The standard InChI is InChI=1S/C10H11ClF2O3S/c1-7(6-17(11,14)15)5-16-10-4-8(12)2-3-9(10)13/h2-4,7H,5-6H2,1H3. The fourth-order valence-electron chi connectivity index (χ4n) is 1.21. The van der Waals surface area contributed by atoms with Gasteiger partial charge in [-0.15, -0.1) is 0 Å². The quantitative estimate of drug-likeness (QED) is 0.781.